The molecule has 2 aliphatic heterocycles. The first-order valence-corrected chi connectivity index (χ1v) is 8.19. The third-order valence-electron chi connectivity index (χ3n) is 4.75. The number of benzene rings is 1. The van der Waals surface area contributed by atoms with Gasteiger partial charge in [0.25, 0.3) is 0 Å². The van der Waals surface area contributed by atoms with E-state index in [1.807, 2.05) is 4.90 Å². The summed E-state index contributed by atoms with van der Waals surface area (Å²) in [6.07, 6.45) is 2.00. The zero-order valence-electron chi connectivity index (χ0n) is 13.0. The molecule has 2 N–H and O–H groups in total. The molecule has 5 heteroatoms. The molecule has 2 heterocycles. The maximum absolute atomic E-state index is 12.1. The molecule has 1 atom stereocenters. The van der Waals surface area contributed by atoms with E-state index >= 15 is 0 Å². The molecule has 120 valence electrons. The molecule has 0 bridgehead atoms. The first kappa shape index (κ1) is 15.3. The minimum Gasteiger partial charge on any atom is -0.396 e. The van der Waals surface area contributed by atoms with Crippen LogP contribution in [0.2, 0.25) is 0 Å². The van der Waals surface area contributed by atoms with Gasteiger partial charge < -0.3 is 15.3 Å². The maximum Gasteiger partial charge on any atom is 0.317 e. The van der Waals surface area contributed by atoms with E-state index in [1.54, 1.807) is 0 Å². The van der Waals surface area contributed by atoms with Gasteiger partial charge in [0, 0.05) is 51.8 Å². The van der Waals surface area contributed by atoms with Crippen LogP contribution in [0.4, 0.5) is 4.79 Å². The van der Waals surface area contributed by atoms with Crippen molar-refractivity contribution in [2.45, 2.75) is 19.4 Å². The summed E-state index contributed by atoms with van der Waals surface area (Å²) in [7, 11) is 0. The maximum atomic E-state index is 12.1. The van der Waals surface area contributed by atoms with Crippen LogP contribution in [0.25, 0.3) is 0 Å². The van der Waals surface area contributed by atoms with E-state index in [2.05, 4.69) is 34.5 Å². The number of nitrogens with one attached hydrogen (secondary N) is 1. The molecule has 1 unspecified atom stereocenters. The molecule has 1 aromatic rings. The minimum atomic E-state index is 0.00774. The first-order chi connectivity index (χ1) is 10.8. The number of carbonyl (C=O) groups is 1. The summed E-state index contributed by atoms with van der Waals surface area (Å²) in [5.41, 5.74) is 2.86. The summed E-state index contributed by atoms with van der Waals surface area (Å²) < 4.78 is 0. The zero-order chi connectivity index (χ0) is 15.4. The second kappa shape index (κ2) is 7.11. The van der Waals surface area contributed by atoms with Crippen molar-refractivity contribution in [1.29, 1.82) is 0 Å². The molecule has 2 aliphatic rings. The number of amides is 2. The average molecular weight is 303 g/mol. The third kappa shape index (κ3) is 3.59. The van der Waals surface area contributed by atoms with E-state index < -0.39 is 0 Å². The number of hydrogen-bond donors (Lipinski definition) is 2. The van der Waals surface area contributed by atoms with Crippen molar-refractivity contribution < 1.29 is 9.90 Å². The normalized spacial score (nSPS) is 21.7. The van der Waals surface area contributed by atoms with Gasteiger partial charge in [-0.25, -0.2) is 4.79 Å². The van der Waals surface area contributed by atoms with Crippen molar-refractivity contribution >= 4 is 6.03 Å². The molecule has 3 rings (SSSR count). The van der Waals surface area contributed by atoms with Gasteiger partial charge in [0.15, 0.2) is 0 Å². The molecule has 1 saturated heterocycles. The lowest BCUT2D eigenvalue weighted by molar-refractivity contribution is 0.194. The molecule has 0 aromatic heterocycles. The number of hydrogen-bond acceptors (Lipinski definition) is 3. The molecule has 2 amide bonds. The molecule has 22 heavy (non-hydrogen) atoms. The van der Waals surface area contributed by atoms with Crippen LogP contribution < -0.4 is 5.32 Å². The Morgan fingerprint density at radius 2 is 2.09 bits per heavy atom. The zero-order valence-corrected chi connectivity index (χ0v) is 13.0. The molecule has 5 nitrogen and oxygen atoms in total. The summed E-state index contributed by atoms with van der Waals surface area (Å²) in [6.45, 7) is 5.22. The lowest BCUT2D eigenvalue weighted by Crippen LogP contribution is -2.43. The Hall–Kier alpha value is -1.59. The highest BCUT2D eigenvalue weighted by molar-refractivity contribution is 5.74. The monoisotopic (exact) mass is 303 g/mol. The van der Waals surface area contributed by atoms with Gasteiger partial charge >= 0.3 is 6.03 Å². The number of nitrogens with zero attached hydrogens (tertiary/aromatic N) is 2. The predicted molar refractivity (Wildman–Crippen MR) is 85.6 cm³/mol. The highest BCUT2D eigenvalue weighted by Gasteiger charge is 2.25. The van der Waals surface area contributed by atoms with Crippen LogP contribution in [0.5, 0.6) is 0 Å². The number of carbonyl (C=O) groups excluding carboxylic acids is 1. The fourth-order valence-electron chi connectivity index (χ4n) is 3.34. The van der Waals surface area contributed by atoms with Crippen molar-refractivity contribution in [3.63, 3.8) is 0 Å². The number of fused-ring (bicyclic) bond motifs is 1. The molecule has 1 fully saturated rings. The van der Waals surface area contributed by atoms with Gasteiger partial charge in [0.2, 0.25) is 0 Å². The van der Waals surface area contributed by atoms with Crippen LogP contribution >= 0.6 is 0 Å². The van der Waals surface area contributed by atoms with Gasteiger partial charge in [0.05, 0.1) is 0 Å². The average Bonchev–Trinajstić information content (AvgIpc) is 3.04. The summed E-state index contributed by atoms with van der Waals surface area (Å²) in [5.74, 6) is 0.254. The number of urea groups is 1. The van der Waals surface area contributed by atoms with Crippen LogP contribution in [-0.4, -0.2) is 60.3 Å². The summed E-state index contributed by atoms with van der Waals surface area (Å²) in [5, 5.41) is 12.1. The molecule has 1 aromatic carbocycles. The lowest BCUT2D eigenvalue weighted by atomic mass is 10.00. The number of aliphatic hydroxyl groups excluding tert-OH is 1. The van der Waals surface area contributed by atoms with Crippen molar-refractivity contribution in [3.8, 4) is 0 Å². The van der Waals surface area contributed by atoms with Crippen LogP contribution in [0, 0.1) is 5.92 Å². The van der Waals surface area contributed by atoms with E-state index in [0.29, 0.717) is 13.1 Å². The van der Waals surface area contributed by atoms with E-state index in [0.717, 1.165) is 39.0 Å². The second-order valence-electron chi connectivity index (χ2n) is 6.31. The van der Waals surface area contributed by atoms with Gasteiger partial charge in [-0.15, -0.1) is 0 Å². The predicted octanol–water partition coefficient (Wildman–Crippen LogP) is 1.07. The van der Waals surface area contributed by atoms with Crippen LogP contribution in [0.1, 0.15) is 17.5 Å². The SMILES string of the molecule is O=C(NCCN1CCc2ccccc2C1)N1CCC(CO)C1. The van der Waals surface area contributed by atoms with Crippen molar-refractivity contribution in [1.82, 2.24) is 15.1 Å². The fourth-order valence-corrected chi connectivity index (χ4v) is 3.34. The Balaban J connectivity index is 1.40. The van der Waals surface area contributed by atoms with E-state index in [-0.39, 0.29) is 18.6 Å². The summed E-state index contributed by atoms with van der Waals surface area (Å²) >= 11 is 0. The van der Waals surface area contributed by atoms with Crippen LogP contribution in [0.3, 0.4) is 0 Å². The largest absolute Gasteiger partial charge is 0.396 e. The van der Waals surface area contributed by atoms with E-state index in [1.165, 1.54) is 11.1 Å². The summed E-state index contributed by atoms with van der Waals surface area (Å²) in [6, 6.07) is 8.60. The second-order valence-corrected chi connectivity index (χ2v) is 6.31. The standard InChI is InChI=1S/C17H25N3O2/c21-13-14-5-9-20(11-14)17(22)18-7-10-19-8-6-15-3-1-2-4-16(15)12-19/h1-4,14,21H,5-13H2,(H,18,22). The third-order valence-corrected chi connectivity index (χ3v) is 4.75. The highest BCUT2D eigenvalue weighted by Crippen LogP contribution is 2.18. The van der Waals surface area contributed by atoms with Crippen molar-refractivity contribution in [2.75, 3.05) is 39.3 Å². The quantitative estimate of drug-likeness (QED) is 0.875. The Bertz CT molecular complexity index is 520. The number of rotatable bonds is 4. The molecular formula is C17H25N3O2. The Kier molecular flexibility index (Phi) is 4.95. The summed E-state index contributed by atoms with van der Waals surface area (Å²) in [4.78, 5) is 16.3. The fraction of sp³-hybridized carbons (Fsp3) is 0.588. The van der Waals surface area contributed by atoms with Crippen LogP contribution in [0.15, 0.2) is 24.3 Å². The minimum absolute atomic E-state index is 0.00774. The van der Waals surface area contributed by atoms with E-state index in [4.69, 9.17) is 5.11 Å². The Labute approximate surface area is 131 Å². The topological polar surface area (TPSA) is 55.8 Å². The Morgan fingerprint density at radius 1 is 1.27 bits per heavy atom. The number of aliphatic hydroxyl groups is 1. The van der Waals surface area contributed by atoms with E-state index in [9.17, 15) is 4.79 Å². The van der Waals surface area contributed by atoms with Gasteiger partial charge in [-0.1, -0.05) is 24.3 Å². The molecular weight excluding hydrogens is 278 g/mol. The number of likely N-dealkylation sites (tertiary alicyclic amines) is 1. The molecule has 0 aliphatic carbocycles. The molecule has 0 saturated carbocycles. The molecule has 0 radical (unpaired) electrons. The van der Waals surface area contributed by atoms with Crippen molar-refractivity contribution in [3.05, 3.63) is 35.4 Å². The van der Waals surface area contributed by atoms with Crippen molar-refractivity contribution in [2.24, 2.45) is 5.92 Å². The van der Waals surface area contributed by atoms with Crippen LogP contribution in [-0.2, 0) is 13.0 Å². The van der Waals surface area contributed by atoms with Gasteiger partial charge in [-0.05, 0) is 24.0 Å². The smallest absolute Gasteiger partial charge is 0.317 e. The highest BCUT2D eigenvalue weighted by atomic mass is 16.3. The Morgan fingerprint density at radius 3 is 2.86 bits per heavy atom. The van der Waals surface area contributed by atoms with Gasteiger partial charge in [-0.2, -0.15) is 0 Å². The van der Waals surface area contributed by atoms with Gasteiger partial charge in [-0.3, -0.25) is 4.90 Å². The molecule has 0 spiro atoms. The lowest BCUT2D eigenvalue weighted by Gasteiger charge is -2.29. The first-order valence-electron chi connectivity index (χ1n) is 8.19. The van der Waals surface area contributed by atoms with Gasteiger partial charge in [0.1, 0.15) is 0 Å².